The number of benzene rings is 1. The summed E-state index contributed by atoms with van der Waals surface area (Å²) in [6, 6.07) is 8.56. The van der Waals surface area contributed by atoms with Gasteiger partial charge in [-0.2, -0.15) is 5.11 Å². The van der Waals surface area contributed by atoms with Crippen molar-refractivity contribution in [1.29, 1.82) is 5.53 Å². The van der Waals surface area contributed by atoms with Crippen molar-refractivity contribution in [2.45, 2.75) is 0 Å². The minimum Gasteiger partial charge on any atom is -0.384 e. The van der Waals surface area contributed by atoms with Crippen molar-refractivity contribution in [2.24, 2.45) is 5.11 Å². The van der Waals surface area contributed by atoms with E-state index in [0.717, 1.165) is 5.56 Å². The van der Waals surface area contributed by atoms with Crippen LogP contribution in [0.2, 0.25) is 5.02 Å². The largest absolute Gasteiger partial charge is 0.384 e. The Morgan fingerprint density at radius 1 is 1.18 bits per heavy atom. The van der Waals surface area contributed by atoms with E-state index >= 15 is 0 Å². The van der Waals surface area contributed by atoms with Crippen LogP contribution in [0.5, 0.6) is 0 Å². The summed E-state index contributed by atoms with van der Waals surface area (Å²) in [7, 11) is 0. The molecule has 0 radical (unpaired) electrons. The number of nitrogens with two attached hydrogens (primary N) is 2. The van der Waals surface area contributed by atoms with Gasteiger partial charge in [0.25, 0.3) is 0 Å². The van der Waals surface area contributed by atoms with E-state index in [0.29, 0.717) is 16.3 Å². The van der Waals surface area contributed by atoms with Crippen LogP contribution in [-0.4, -0.2) is 4.98 Å². The van der Waals surface area contributed by atoms with Crippen molar-refractivity contribution in [2.75, 3.05) is 11.5 Å². The molecule has 0 aliphatic heterocycles. The maximum atomic E-state index is 7.13. The SMILES string of the molecule is N=Nc1cc(N)nc(N)c1-c1ccc(Cl)cc1. The standard InChI is InChI=1S/C11H10ClN5/c12-7-3-1-6(2-4-7)10-8(17-15)5-9(13)16-11(10)14/h1-5,15H,(H4,13,14,16). The number of aromatic nitrogens is 1. The molecule has 0 aliphatic rings. The molecule has 5 N–H and O–H groups in total. The fraction of sp³-hybridized carbons (Fsp3) is 0. The van der Waals surface area contributed by atoms with E-state index in [1.165, 1.54) is 6.07 Å². The third-order valence-corrected chi connectivity index (χ3v) is 2.55. The number of nitrogen functional groups attached to an aromatic ring is 2. The minimum atomic E-state index is 0.242. The lowest BCUT2D eigenvalue weighted by molar-refractivity contribution is 1.14. The summed E-state index contributed by atoms with van der Waals surface area (Å²) in [6.07, 6.45) is 0. The highest BCUT2D eigenvalue weighted by atomic mass is 35.5. The normalized spacial score (nSPS) is 10.2. The van der Waals surface area contributed by atoms with Gasteiger partial charge in [-0.1, -0.05) is 23.7 Å². The molecule has 0 spiro atoms. The topological polar surface area (TPSA) is 101 Å². The maximum Gasteiger partial charge on any atom is 0.135 e. The van der Waals surface area contributed by atoms with E-state index < -0.39 is 0 Å². The number of nitrogens with one attached hydrogen (secondary N) is 1. The van der Waals surface area contributed by atoms with Crippen molar-refractivity contribution in [3.05, 3.63) is 35.4 Å². The first kappa shape index (κ1) is 11.3. The highest BCUT2D eigenvalue weighted by molar-refractivity contribution is 6.30. The lowest BCUT2D eigenvalue weighted by Crippen LogP contribution is -1.98. The molecule has 0 bridgehead atoms. The van der Waals surface area contributed by atoms with Crippen molar-refractivity contribution in [1.82, 2.24) is 4.98 Å². The Morgan fingerprint density at radius 2 is 1.82 bits per heavy atom. The average Bonchev–Trinajstić information content (AvgIpc) is 2.30. The predicted octanol–water partition coefficient (Wildman–Crippen LogP) is 3.23. The van der Waals surface area contributed by atoms with Crippen LogP contribution in [0.25, 0.3) is 11.1 Å². The Bertz CT molecular complexity index is 565. The van der Waals surface area contributed by atoms with Crippen LogP contribution in [0.4, 0.5) is 17.3 Å². The molecular weight excluding hydrogens is 238 g/mol. The van der Waals surface area contributed by atoms with E-state index in [-0.39, 0.29) is 11.6 Å². The van der Waals surface area contributed by atoms with Crippen LogP contribution >= 0.6 is 11.6 Å². The lowest BCUT2D eigenvalue weighted by atomic mass is 10.0. The summed E-state index contributed by atoms with van der Waals surface area (Å²) >= 11 is 5.81. The van der Waals surface area contributed by atoms with Gasteiger partial charge in [-0.15, -0.1) is 0 Å². The molecule has 0 amide bonds. The number of anilines is 2. The molecule has 0 unspecified atom stereocenters. The highest BCUT2D eigenvalue weighted by Gasteiger charge is 2.11. The highest BCUT2D eigenvalue weighted by Crippen LogP contribution is 2.35. The zero-order chi connectivity index (χ0) is 12.4. The van der Waals surface area contributed by atoms with E-state index in [4.69, 9.17) is 28.6 Å². The fourth-order valence-electron chi connectivity index (χ4n) is 1.57. The smallest absolute Gasteiger partial charge is 0.135 e. The first-order valence-electron chi connectivity index (χ1n) is 4.81. The molecule has 1 aromatic heterocycles. The molecule has 17 heavy (non-hydrogen) atoms. The molecular formula is C11H10ClN5. The zero-order valence-corrected chi connectivity index (χ0v) is 9.57. The summed E-state index contributed by atoms with van der Waals surface area (Å²) < 4.78 is 0. The van der Waals surface area contributed by atoms with Gasteiger partial charge < -0.3 is 11.5 Å². The number of halogens is 1. The Hall–Kier alpha value is -2.14. The minimum absolute atomic E-state index is 0.242. The Morgan fingerprint density at radius 3 is 2.41 bits per heavy atom. The lowest BCUT2D eigenvalue weighted by Gasteiger charge is -2.08. The quantitative estimate of drug-likeness (QED) is 0.710. The van der Waals surface area contributed by atoms with Gasteiger partial charge in [-0.3, -0.25) is 0 Å². The molecule has 0 saturated heterocycles. The van der Waals surface area contributed by atoms with Gasteiger partial charge in [0.1, 0.15) is 17.3 Å². The zero-order valence-electron chi connectivity index (χ0n) is 8.81. The second-order valence-electron chi connectivity index (χ2n) is 3.45. The molecule has 6 heteroatoms. The Labute approximate surface area is 103 Å². The summed E-state index contributed by atoms with van der Waals surface area (Å²) in [5, 5.41) is 4.03. The van der Waals surface area contributed by atoms with Gasteiger partial charge in [0.2, 0.25) is 0 Å². The molecule has 0 fully saturated rings. The summed E-state index contributed by atoms with van der Waals surface area (Å²) in [6.45, 7) is 0. The first-order chi connectivity index (χ1) is 8.11. The second kappa shape index (κ2) is 4.39. The van der Waals surface area contributed by atoms with Crippen LogP contribution in [0.1, 0.15) is 0 Å². The summed E-state index contributed by atoms with van der Waals surface area (Å²) in [5.41, 5.74) is 20.3. The molecule has 5 nitrogen and oxygen atoms in total. The number of nitrogens with zero attached hydrogens (tertiary/aromatic N) is 2. The monoisotopic (exact) mass is 247 g/mol. The molecule has 0 saturated carbocycles. The Kier molecular flexibility index (Phi) is 2.93. The van der Waals surface area contributed by atoms with Crippen molar-refractivity contribution in [3.63, 3.8) is 0 Å². The molecule has 0 aliphatic carbocycles. The average molecular weight is 248 g/mol. The van der Waals surface area contributed by atoms with Gasteiger partial charge >= 0.3 is 0 Å². The van der Waals surface area contributed by atoms with Crippen LogP contribution in [0.3, 0.4) is 0 Å². The third-order valence-electron chi connectivity index (χ3n) is 2.30. The van der Waals surface area contributed by atoms with Crippen LogP contribution in [0.15, 0.2) is 35.4 Å². The number of hydrogen-bond donors (Lipinski definition) is 3. The Balaban J connectivity index is 2.65. The van der Waals surface area contributed by atoms with E-state index in [1.54, 1.807) is 24.3 Å². The van der Waals surface area contributed by atoms with Crippen molar-refractivity contribution >= 4 is 28.9 Å². The summed E-state index contributed by atoms with van der Waals surface area (Å²) in [5.74, 6) is 0.490. The fourth-order valence-corrected chi connectivity index (χ4v) is 1.70. The maximum absolute atomic E-state index is 7.13. The second-order valence-corrected chi connectivity index (χ2v) is 3.88. The van der Waals surface area contributed by atoms with E-state index in [9.17, 15) is 0 Å². The van der Waals surface area contributed by atoms with Gasteiger partial charge in [0, 0.05) is 11.1 Å². The molecule has 2 aromatic rings. The van der Waals surface area contributed by atoms with Crippen molar-refractivity contribution in [3.8, 4) is 11.1 Å². The predicted molar refractivity (Wildman–Crippen MR) is 68.3 cm³/mol. The molecule has 1 aromatic carbocycles. The van der Waals surface area contributed by atoms with Gasteiger partial charge in [0.05, 0.1) is 5.56 Å². The molecule has 0 atom stereocenters. The third kappa shape index (κ3) is 2.19. The van der Waals surface area contributed by atoms with Crippen molar-refractivity contribution < 1.29 is 0 Å². The number of pyridine rings is 1. The van der Waals surface area contributed by atoms with Gasteiger partial charge in [-0.25, -0.2) is 10.5 Å². The first-order valence-corrected chi connectivity index (χ1v) is 5.19. The number of rotatable bonds is 2. The molecule has 2 rings (SSSR count). The number of hydrogen-bond acceptors (Lipinski definition) is 5. The summed E-state index contributed by atoms with van der Waals surface area (Å²) in [4.78, 5) is 3.96. The van der Waals surface area contributed by atoms with Crippen LogP contribution < -0.4 is 11.5 Å². The van der Waals surface area contributed by atoms with Crippen LogP contribution in [0, 0.1) is 5.53 Å². The van der Waals surface area contributed by atoms with Gasteiger partial charge in [0.15, 0.2) is 0 Å². The molecule has 1 heterocycles. The van der Waals surface area contributed by atoms with E-state index in [2.05, 4.69) is 10.1 Å². The molecule has 86 valence electrons. The van der Waals surface area contributed by atoms with Crippen LogP contribution in [-0.2, 0) is 0 Å². The van der Waals surface area contributed by atoms with Gasteiger partial charge in [-0.05, 0) is 17.7 Å². The van der Waals surface area contributed by atoms with E-state index in [1.807, 2.05) is 0 Å².